The van der Waals surface area contributed by atoms with E-state index in [0.717, 1.165) is 12.8 Å². The highest BCUT2D eigenvalue weighted by atomic mass is 16.5. The Bertz CT molecular complexity index is 303. The van der Waals surface area contributed by atoms with E-state index in [2.05, 4.69) is 16.0 Å². The summed E-state index contributed by atoms with van der Waals surface area (Å²) in [6, 6.07) is 0. The Morgan fingerprint density at radius 3 is 2.29 bits per heavy atom. The molecule has 0 aliphatic heterocycles. The number of carbonyl (C=O) groups excluding carboxylic acids is 2. The largest absolute Gasteiger partial charge is 0.368 e. The van der Waals surface area contributed by atoms with Crippen LogP contribution in [0, 0.1) is 0 Å². The summed E-state index contributed by atoms with van der Waals surface area (Å²) in [5.74, 6) is -0.398. The Labute approximate surface area is 127 Å². The van der Waals surface area contributed by atoms with Crippen LogP contribution >= 0.6 is 0 Å². The van der Waals surface area contributed by atoms with Gasteiger partial charge in [-0.05, 0) is 19.9 Å². The minimum absolute atomic E-state index is 0.0105. The number of amides is 2. The van der Waals surface area contributed by atoms with E-state index in [-0.39, 0.29) is 31.1 Å². The van der Waals surface area contributed by atoms with Crippen molar-refractivity contribution in [2.45, 2.75) is 51.0 Å². The molecule has 122 valence electrons. The van der Waals surface area contributed by atoms with E-state index in [0.29, 0.717) is 13.1 Å². The molecule has 0 aromatic rings. The highest BCUT2D eigenvalue weighted by molar-refractivity contribution is 5.85. The maximum Gasteiger partial charge on any atom is 0.246 e. The van der Waals surface area contributed by atoms with Gasteiger partial charge in [-0.3, -0.25) is 9.59 Å². The van der Waals surface area contributed by atoms with Gasteiger partial charge in [0.2, 0.25) is 11.8 Å². The third-order valence-corrected chi connectivity index (χ3v) is 3.65. The molecule has 0 unspecified atom stereocenters. The number of hydrogen-bond donors (Lipinski definition) is 3. The van der Waals surface area contributed by atoms with E-state index in [1.165, 1.54) is 32.1 Å². The van der Waals surface area contributed by atoms with Crippen molar-refractivity contribution in [1.29, 1.82) is 0 Å². The maximum atomic E-state index is 11.6. The predicted octanol–water partition coefficient (Wildman–Crippen LogP) is 0.568. The van der Waals surface area contributed by atoms with Gasteiger partial charge in [-0.1, -0.05) is 32.1 Å². The van der Waals surface area contributed by atoms with Crippen LogP contribution in [0.5, 0.6) is 0 Å². The number of rotatable bonds is 8. The topological polar surface area (TPSA) is 79.5 Å². The van der Waals surface area contributed by atoms with Gasteiger partial charge in [-0.25, -0.2) is 0 Å². The molecule has 1 aliphatic rings. The van der Waals surface area contributed by atoms with Gasteiger partial charge >= 0.3 is 0 Å². The van der Waals surface area contributed by atoms with Crippen molar-refractivity contribution >= 4 is 11.8 Å². The summed E-state index contributed by atoms with van der Waals surface area (Å²) in [4.78, 5) is 23.1. The number of likely N-dealkylation sites (N-methyl/N-ethyl adjacent to an activating group) is 1. The Morgan fingerprint density at radius 1 is 0.952 bits per heavy atom. The predicted molar refractivity (Wildman–Crippen MR) is 82.0 cm³/mol. The molecule has 21 heavy (non-hydrogen) atoms. The number of ether oxygens (including phenoxy) is 1. The fraction of sp³-hybridized carbons (Fsp3) is 0.867. The third kappa shape index (κ3) is 9.42. The van der Waals surface area contributed by atoms with Crippen molar-refractivity contribution < 1.29 is 14.3 Å². The quantitative estimate of drug-likeness (QED) is 0.573. The van der Waals surface area contributed by atoms with Crippen molar-refractivity contribution in [1.82, 2.24) is 16.0 Å². The molecule has 1 aliphatic carbocycles. The van der Waals surface area contributed by atoms with E-state index in [4.69, 9.17) is 4.74 Å². The van der Waals surface area contributed by atoms with Gasteiger partial charge in [0.05, 0.1) is 12.6 Å². The molecular formula is C15H29N3O3. The first-order valence-corrected chi connectivity index (χ1v) is 8.02. The lowest BCUT2D eigenvalue weighted by Crippen LogP contribution is -2.40. The van der Waals surface area contributed by atoms with E-state index < -0.39 is 0 Å². The molecule has 6 nitrogen and oxygen atoms in total. The second-order valence-corrected chi connectivity index (χ2v) is 5.51. The summed E-state index contributed by atoms with van der Waals surface area (Å²) in [5.41, 5.74) is 0. The van der Waals surface area contributed by atoms with Crippen LogP contribution in [0.4, 0.5) is 0 Å². The first-order valence-electron chi connectivity index (χ1n) is 8.02. The Balaban J connectivity index is 2.08. The van der Waals surface area contributed by atoms with E-state index in [1.54, 1.807) is 0 Å². The normalized spacial score (nSPS) is 16.8. The summed E-state index contributed by atoms with van der Waals surface area (Å²) in [7, 11) is 1.82. The monoisotopic (exact) mass is 299 g/mol. The number of nitrogens with one attached hydrogen (secondary N) is 3. The fourth-order valence-corrected chi connectivity index (χ4v) is 2.40. The van der Waals surface area contributed by atoms with Crippen molar-refractivity contribution in [3.63, 3.8) is 0 Å². The second-order valence-electron chi connectivity index (χ2n) is 5.51. The molecule has 0 saturated heterocycles. The molecule has 2 amide bonds. The molecule has 0 atom stereocenters. The number of hydrogen-bond acceptors (Lipinski definition) is 4. The van der Waals surface area contributed by atoms with E-state index in [9.17, 15) is 9.59 Å². The molecule has 0 heterocycles. The molecule has 6 heteroatoms. The van der Waals surface area contributed by atoms with Crippen molar-refractivity contribution in [2.24, 2.45) is 0 Å². The SMILES string of the molecule is CNCCNC(=O)CNC(=O)COC1CCCCCCC1. The van der Waals surface area contributed by atoms with Crippen LogP contribution in [0.3, 0.4) is 0 Å². The highest BCUT2D eigenvalue weighted by Crippen LogP contribution is 2.19. The van der Waals surface area contributed by atoms with Gasteiger partial charge < -0.3 is 20.7 Å². The summed E-state index contributed by atoms with van der Waals surface area (Å²) >= 11 is 0. The molecular weight excluding hydrogens is 270 g/mol. The fourth-order valence-electron chi connectivity index (χ4n) is 2.40. The Kier molecular flexibility index (Phi) is 9.82. The molecule has 0 aromatic carbocycles. The average Bonchev–Trinajstić information content (AvgIpc) is 2.44. The zero-order valence-electron chi connectivity index (χ0n) is 13.1. The smallest absolute Gasteiger partial charge is 0.246 e. The van der Waals surface area contributed by atoms with Crippen molar-refractivity contribution in [3.8, 4) is 0 Å². The lowest BCUT2D eigenvalue weighted by molar-refractivity contribution is -0.130. The minimum atomic E-state index is -0.221. The van der Waals surface area contributed by atoms with E-state index in [1.807, 2.05) is 7.05 Å². The van der Waals surface area contributed by atoms with E-state index >= 15 is 0 Å². The van der Waals surface area contributed by atoms with Crippen molar-refractivity contribution in [3.05, 3.63) is 0 Å². The molecule has 1 fully saturated rings. The molecule has 3 N–H and O–H groups in total. The molecule has 1 rings (SSSR count). The summed E-state index contributed by atoms with van der Waals surface area (Å²) in [5, 5.41) is 8.22. The van der Waals surface area contributed by atoms with Crippen LogP contribution in [0.15, 0.2) is 0 Å². The van der Waals surface area contributed by atoms with Gasteiger partial charge in [-0.2, -0.15) is 0 Å². The number of carbonyl (C=O) groups is 2. The summed E-state index contributed by atoms with van der Waals surface area (Å²) < 4.78 is 5.66. The zero-order valence-corrected chi connectivity index (χ0v) is 13.1. The van der Waals surface area contributed by atoms with Crippen LogP contribution in [-0.2, 0) is 14.3 Å². The van der Waals surface area contributed by atoms with Gasteiger partial charge in [0.25, 0.3) is 0 Å². The van der Waals surface area contributed by atoms with Gasteiger partial charge in [-0.15, -0.1) is 0 Å². The average molecular weight is 299 g/mol. The van der Waals surface area contributed by atoms with Crippen molar-refractivity contribution in [2.75, 3.05) is 33.3 Å². The first kappa shape index (κ1) is 17.9. The minimum Gasteiger partial charge on any atom is -0.368 e. The summed E-state index contributed by atoms with van der Waals surface area (Å²) in [6.45, 7) is 1.33. The van der Waals surface area contributed by atoms with Crippen LogP contribution in [-0.4, -0.2) is 51.2 Å². The Hall–Kier alpha value is -1.14. The van der Waals surface area contributed by atoms with Crippen LogP contribution in [0.1, 0.15) is 44.9 Å². The second kappa shape index (κ2) is 11.5. The first-order chi connectivity index (χ1) is 10.2. The summed E-state index contributed by atoms with van der Waals surface area (Å²) in [6.07, 6.45) is 8.48. The third-order valence-electron chi connectivity index (χ3n) is 3.65. The molecule has 0 aromatic heterocycles. The van der Waals surface area contributed by atoms with Gasteiger partial charge in [0.15, 0.2) is 0 Å². The molecule has 1 saturated carbocycles. The van der Waals surface area contributed by atoms with Crippen LogP contribution in [0.2, 0.25) is 0 Å². The molecule has 0 spiro atoms. The van der Waals surface area contributed by atoms with Crippen LogP contribution in [0.25, 0.3) is 0 Å². The molecule has 0 bridgehead atoms. The van der Waals surface area contributed by atoms with Gasteiger partial charge in [0, 0.05) is 13.1 Å². The van der Waals surface area contributed by atoms with Crippen LogP contribution < -0.4 is 16.0 Å². The maximum absolute atomic E-state index is 11.6. The Morgan fingerprint density at radius 2 is 1.62 bits per heavy atom. The lowest BCUT2D eigenvalue weighted by Gasteiger charge is -2.19. The lowest BCUT2D eigenvalue weighted by atomic mass is 9.99. The molecule has 0 radical (unpaired) electrons. The van der Waals surface area contributed by atoms with Gasteiger partial charge in [0.1, 0.15) is 6.61 Å². The highest BCUT2D eigenvalue weighted by Gasteiger charge is 2.13. The standard InChI is InChI=1S/C15H29N3O3/c1-16-9-10-17-14(19)11-18-15(20)12-21-13-7-5-3-2-4-6-8-13/h13,16H,2-12H2,1H3,(H,17,19)(H,18,20). The zero-order chi connectivity index (χ0) is 15.3.